The molecule has 0 atom stereocenters. The lowest BCUT2D eigenvalue weighted by Gasteiger charge is -2.22. The monoisotopic (exact) mass is 240 g/mol. The van der Waals surface area contributed by atoms with E-state index in [0.29, 0.717) is 0 Å². The Bertz CT molecular complexity index is 495. The Labute approximate surface area is 109 Å². The normalized spacial score (nSPS) is 11.3. The van der Waals surface area contributed by atoms with Gasteiger partial charge >= 0.3 is 0 Å². The molecule has 0 aliphatic carbocycles. The van der Waals surface area contributed by atoms with Crippen molar-refractivity contribution >= 4 is 11.5 Å². The van der Waals surface area contributed by atoms with E-state index in [1.807, 2.05) is 31.4 Å². The van der Waals surface area contributed by atoms with Crippen molar-refractivity contribution in [2.45, 2.75) is 26.2 Å². The summed E-state index contributed by atoms with van der Waals surface area (Å²) in [5.74, 6) is 0.959. The molecule has 94 valence electrons. The molecule has 0 fully saturated rings. The Morgan fingerprint density at radius 3 is 2.11 bits per heavy atom. The van der Waals surface area contributed by atoms with Crippen LogP contribution in [0.4, 0.5) is 11.5 Å². The van der Waals surface area contributed by atoms with E-state index in [1.165, 1.54) is 5.56 Å². The van der Waals surface area contributed by atoms with Gasteiger partial charge in [-0.15, -0.1) is 0 Å². The quantitative estimate of drug-likeness (QED) is 0.784. The van der Waals surface area contributed by atoms with Crippen LogP contribution in [0.15, 0.2) is 48.7 Å². The third-order valence-electron chi connectivity index (χ3n) is 3.11. The number of pyridine rings is 1. The molecule has 2 rings (SSSR count). The molecule has 18 heavy (non-hydrogen) atoms. The van der Waals surface area contributed by atoms with Crippen LogP contribution in [0.3, 0.4) is 0 Å². The second kappa shape index (κ2) is 4.81. The lowest BCUT2D eigenvalue weighted by atomic mass is 9.87. The third-order valence-corrected chi connectivity index (χ3v) is 3.11. The minimum Gasteiger partial charge on any atom is -0.329 e. The van der Waals surface area contributed by atoms with Crippen LogP contribution >= 0.6 is 0 Å². The van der Waals surface area contributed by atoms with Gasteiger partial charge in [0.2, 0.25) is 0 Å². The highest BCUT2D eigenvalue weighted by molar-refractivity contribution is 5.59. The van der Waals surface area contributed by atoms with E-state index in [2.05, 4.69) is 54.9 Å². The summed E-state index contributed by atoms with van der Waals surface area (Å²) in [5.41, 5.74) is 2.70. The van der Waals surface area contributed by atoms with E-state index in [4.69, 9.17) is 0 Å². The molecule has 0 aliphatic rings. The number of benzene rings is 1. The maximum absolute atomic E-state index is 4.35. The van der Waals surface area contributed by atoms with Crippen LogP contribution in [0.2, 0.25) is 0 Å². The zero-order chi connectivity index (χ0) is 13.2. The topological polar surface area (TPSA) is 16.1 Å². The fraction of sp³-hybridized carbons (Fsp3) is 0.312. The molecule has 0 unspecified atom stereocenters. The van der Waals surface area contributed by atoms with Crippen LogP contribution in [0.5, 0.6) is 0 Å². The molecule has 0 amide bonds. The van der Waals surface area contributed by atoms with Gasteiger partial charge in [-0.05, 0) is 35.2 Å². The Kier molecular flexibility index (Phi) is 3.37. The molecular formula is C16H20N2. The van der Waals surface area contributed by atoms with Crippen molar-refractivity contribution in [1.29, 1.82) is 0 Å². The van der Waals surface area contributed by atoms with Gasteiger partial charge in [0.1, 0.15) is 5.82 Å². The van der Waals surface area contributed by atoms with Crippen LogP contribution in [0.25, 0.3) is 0 Å². The standard InChI is InChI=1S/C16H20N2/c1-16(2,3)13-8-10-14(11-9-13)18(4)15-7-5-6-12-17-15/h5-12H,1-4H3. The zero-order valence-electron chi connectivity index (χ0n) is 11.5. The second-order valence-electron chi connectivity index (χ2n) is 5.54. The van der Waals surface area contributed by atoms with Gasteiger partial charge in [0.25, 0.3) is 0 Å². The summed E-state index contributed by atoms with van der Waals surface area (Å²) in [7, 11) is 2.04. The Morgan fingerprint density at radius 1 is 0.944 bits per heavy atom. The molecule has 2 aromatic rings. The summed E-state index contributed by atoms with van der Waals surface area (Å²) in [6.07, 6.45) is 1.81. The summed E-state index contributed by atoms with van der Waals surface area (Å²) in [5, 5.41) is 0. The highest BCUT2D eigenvalue weighted by Gasteiger charge is 2.13. The van der Waals surface area contributed by atoms with E-state index in [-0.39, 0.29) is 5.41 Å². The summed E-state index contributed by atoms with van der Waals surface area (Å²) in [4.78, 5) is 6.44. The molecule has 0 aliphatic heterocycles. The summed E-state index contributed by atoms with van der Waals surface area (Å²) < 4.78 is 0. The van der Waals surface area contributed by atoms with Crippen molar-refractivity contribution in [3.8, 4) is 0 Å². The van der Waals surface area contributed by atoms with Gasteiger partial charge in [-0.3, -0.25) is 0 Å². The minimum atomic E-state index is 0.197. The molecule has 0 N–H and O–H groups in total. The largest absolute Gasteiger partial charge is 0.329 e. The van der Waals surface area contributed by atoms with Gasteiger partial charge in [-0.25, -0.2) is 4.98 Å². The average Bonchev–Trinajstić information content (AvgIpc) is 2.38. The van der Waals surface area contributed by atoms with Gasteiger partial charge in [-0.2, -0.15) is 0 Å². The highest BCUT2D eigenvalue weighted by Crippen LogP contribution is 2.26. The Balaban J connectivity index is 2.25. The molecule has 1 heterocycles. The predicted molar refractivity (Wildman–Crippen MR) is 77.4 cm³/mol. The van der Waals surface area contributed by atoms with E-state index in [9.17, 15) is 0 Å². The van der Waals surface area contributed by atoms with E-state index >= 15 is 0 Å². The molecule has 0 bridgehead atoms. The molecule has 2 nitrogen and oxygen atoms in total. The molecule has 1 aromatic carbocycles. The Morgan fingerprint density at radius 2 is 1.61 bits per heavy atom. The molecule has 2 heteroatoms. The second-order valence-corrected chi connectivity index (χ2v) is 5.54. The van der Waals surface area contributed by atoms with E-state index in [1.54, 1.807) is 0 Å². The smallest absolute Gasteiger partial charge is 0.132 e. The zero-order valence-corrected chi connectivity index (χ0v) is 11.5. The molecule has 0 spiro atoms. The first kappa shape index (κ1) is 12.6. The van der Waals surface area contributed by atoms with Crippen molar-refractivity contribution in [3.05, 3.63) is 54.2 Å². The van der Waals surface area contributed by atoms with Gasteiger partial charge < -0.3 is 4.90 Å². The maximum atomic E-state index is 4.35. The predicted octanol–water partition coefficient (Wildman–Crippen LogP) is 4.15. The number of hydrogen-bond acceptors (Lipinski definition) is 2. The average molecular weight is 240 g/mol. The minimum absolute atomic E-state index is 0.197. The van der Waals surface area contributed by atoms with Gasteiger partial charge in [0, 0.05) is 18.9 Å². The van der Waals surface area contributed by atoms with Gasteiger partial charge in [0.15, 0.2) is 0 Å². The molecule has 0 saturated carbocycles. The van der Waals surface area contributed by atoms with Crippen molar-refractivity contribution in [3.63, 3.8) is 0 Å². The molecule has 0 saturated heterocycles. The number of hydrogen-bond donors (Lipinski definition) is 0. The van der Waals surface area contributed by atoms with Crippen LogP contribution in [-0.2, 0) is 5.41 Å². The number of aromatic nitrogens is 1. The lowest BCUT2D eigenvalue weighted by Crippen LogP contribution is -2.13. The van der Waals surface area contributed by atoms with E-state index < -0.39 is 0 Å². The molecule has 0 radical (unpaired) electrons. The lowest BCUT2D eigenvalue weighted by molar-refractivity contribution is 0.590. The fourth-order valence-electron chi connectivity index (χ4n) is 1.87. The van der Waals surface area contributed by atoms with E-state index in [0.717, 1.165) is 11.5 Å². The van der Waals surface area contributed by atoms with Crippen molar-refractivity contribution < 1.29 is 0 Å². The molecular weight excluding hydrogens is 220 g/mol. The van der Waals surface area contributed by atoms with Gasteiger partial charge in [0.05, 0.1) is 0 Å². The summed E-state index contributed by atoms with van der Waals surface area (Å²) >= 11 is 0. The third kappa shape index (κ3) is 2.70. The van der Waals surface area contributed by atoms with Crippen molar-refractivity contribution in [2.24, 2.45) is 0 Å². The van der Waals surface area contributed by atoms with Gasteiger partial charge in [-0.1, -0.05) is 39.0 Å². The number of anilines is 2. The summed E-state index contributed by atoms with van der Waals surface area (Å²) in [6, 6.07) is 14.6. The van der Waals surface area contributed by atoms with Crippen LogP contribution in [-0.4, -0.2) is 12.0 Å². The van der Waals surface area contributed by atoms with Crippen LogP contribution in [0, 0.1) is 0 Å². The first-order chi connectivity index (χ1) is 8.48. The first-order valence-electron chi connectivity index (χ1n) is 6.24. The molecule has 1 aromatic heterocycles. The fourth-order valence-corrected chi connectivity index (χ4v) is 1.87. The maximum Gasteiger partial charge on any atom is 0.132 e. The highest BCUT2D eigenvalue weighted by atomic mass is 15.2. The Hall–Kier alpha value is -1.83. The van der Waals surface area contributed by atoms with Crippen LogP contribution in [0.1, 0.15) is 26.3 Å². The number of rotatable bonds is 2. The SMILES string of the molecule is CN(c1ccc(C(C)(C)C)cc1)c1ccccn1. The van der Waals surface area contributed by atoms with Crippen molar-refractivity contribution in [1.82, 2.24) is 4.98 Å². The van der Waals surface area contributed by atoms with Crippen LogP contribution < -0.4 is 4.90 Å². The number of nitrogens with zero attached hydrogens (tertiary/aromatic N) is 2. The first-order valence-corrected chi connectivity index (χ1v) is 6.24. The summed E-state index contributed by atoms with van der Waals surface area (Å²) in [6.45, 7) is 6.68. The van der Waals surface area contributed by atoms with Crippen molar-refractivity contribution in [2.75, 3.05) is 11.9 Å².